The molecule has 10 heteroatoms. The second-order valence-corrected chi connectivity index (χ2v) is 8.50. The first kappa shape index (κ1) is 25.2. The van der Waals surface area contributed by atoms with Crippen LogP contribution in [0.2, 0.25) is 0 Å². The molecule has 2 aromatic rings. The van der Waals surface area contributed by atoms with E-state index in [4.69, 9.17) is 18.9 Å². The molecule has 0 saturated carbocycles. The number of hydrogen-bond donors (Lipinski definition) is 1. The van der Waals surface area contributed by atoms with Crippen molar-refractivity contribution in [3.05, 3.63) is 36.4 Å². The molecule has 0 radical (unpaired) electrons. The van der Waals surface area contributed by atoms with E-state index in [0.717, 1.165) is 0 Å². The summed E-state index contributed by atoms with van der Waals surface area (Å²) in [6.07, 6.45) is 0.0792. The molecular weight excluding hydrogens is 466 g/mol. The Bertz CT molecular complexity index is 1140. The molecule has 36 heavy (non-hydrogen) atoms. The minimum absolute atomic E-state index is 0.0792. The van der Waals surface area contributed by atoms with Crippen LogP contribution in [-0.2, 0) is 14.4 Å². The summed E-state index contributed by atoms with van der Waals surface area (Å²) in [5.41, 5.74) is 1.19. The van der Waals surface area contributed by atoms with Crippen molar-refractivity contribution in [2.75, 3.05) is 56.8 Å². The normalized spacial score (nSPS) is 16.5. The summed E-state index contributed by atoms with van der Waals surface area (Å²) in [6.45, 7) is 5.72. The van der Waals surface area contributed by atoms with Crippen LogP contribution >= 0.6 is 0 Å². The molecular formula is C26H31N3O7. The minimum atomic E-state index is -0.543. The van der Waals surface area contributed by atoms with E-state index in [0.29, 0.717) is 60.8 Å². The molecule has 3 amide bonds. The quantitative estimate of drug-likeness (QED) is 0.568. The van der Waals surface area contributed by atoms with E-state index in [1.165, 1.54) is 4.90 Å². The maximum atomic E-state index is 13.0. The van der Waals surface area contributed by atoms with Crippen LogP contribution in [0.15, 0.2) is 36.4 Å². The van der Waals surface area contributed by atoms with Gasteiger partial charge in [0.25, 0.3) is 0 Å². The van der Waals surface area contributed by atoms with Gasteiger partial charge in [0.1, 0.15) is 13.2 Å². The topological polar surface area (TPSA) is 107 Å². The molecule has 1 saturated heterocycles. The van der Waals surface area contributed by atoms with Crippen LogP contribution in [-0.4, -0.2) is 69.2 Å². The minimum Gasteiger partial charge on any atom is -0.490 e. The maximum Gasteiger partial charge on any atom is 0.243 e. The van der Waals surface area contributed by atoms with Gasteiger partial charge in [-0.05, 0) is 38.1 Å². The fraction of sp³-hybridized carbons (Fsp3) is 0.423. The van der Waals surface area contributed by atoms with Gasteiger partial charge in [0.05, 0.1) is 25.7 Å². The van der Waals surface area contributed by atoms with Crippen molar-refractivity contribution in [3.63, 3.8) is 0 Å². The van der Waals surface area contributed by atoms with E-state index in [1.54, 1.807) is 48.3 Å². The van der Waals surface area contributed by atoms with Crippen molar-refractivity contribution in [2.24, 2.45) is 5.92 Å². The average Bonchev–Trinajstić information content (AvgIpc) is 3.26. The van der Waals surface area contributed by atoms with Gasteiger partial charge < -0.3 is 34.1 Å². The molecule has 0 aromatic heterocycles. The van der Waals surface area contributed by atoms with Crippen molar-refractivity contribution in [1.82, 2.24) is 4.90 Å². The lowest BCUT2D eigenvalue weighted by atomic mass is 10.1. The zero-order valence-electron chi connectivity index (χ0n) is 20.7. The summed E-state index contributed by atoms with van der Waals surface area (Å²) in [5.74, 6) is 1.03. The fourth-order valence-corrected chi connectivity index (χ4v) is 4.26. The summed E-state index contributed by atoms with van der Waals surface area (Å²) in [7, 11) is 1.56. The largest absolute Gasteiger partial charge is 0.490 e. The number of ether oxygens (including phenoxy) is 4. The van der Waals surface area contributed by atoms with Crippen LogP contribution in [0.3, 0.4) is 0 Å². The maximum absolute atomic E-state index is 13.0. The SMILES string of the molecule is CCOc1ccc(NC(=O)CN(C)C(=O)[C@@H]2CC(=O)N(c3ccc4c(c3)OCCO4)C2)cc1OCC. The van der Waals surface area contributed by atoms with Crippen LogP contribution < -0.4 is 29.2 Å². The predicted octanol–water partition coefficient (Wildman–Crippen LogP) is 2.71. The standard InChI is InChI=1S/C26H31N3O7/c1-4-33-20-8-6-18(13-22(20)34-5-2)27-24(30)16-28(3)26(32)17-12-25(31)29(15-17)19-7-9-21-23(14-19)36-11-10-35-21/h6-9,13-14,17H,4-5,10-12,15-16H2,1-3H3,(H,27,30)/t17-/m1/s1. The first-order valence-electron chi connectivity index (χ1n) is 12.0. The van der Waals surface area contributed by atoms with Gasteiger partial charge >= 0.3 is 0 Å². The van der Waals surface area contributed by atoms with Crippen molar-refractivity contribution in [3.8, 4) is 23.0 Å². The molecule has 0 aliphatic carbocycles. The van der Waals surface area contributed by atoms with E-state index in [1.807, 2.05) is 13.8 Å². The number of anilines is 2. The molecule has 1 atom stereocenters. The molecule has 0 unspecified atom stereocenters. The van der Waals surface area contributed by atoms with Gasteiger partial charge in [0.15, 0.2) is 23.0 Å². The number of rotatable bonds is 9. The lowest BCUT2D eigenvalue weighted by Crippen LogP contribution is -2.39. The summed E-state index contributed by atoms with van der Waals surface area (Å²) < 4.78 is 22.3. The monoisotopic (exact) mass is 497 g/mol. The number of nitrogens with one attached hydrogen (secondary N) is 1. The third-order valence-corrected chi connectivity index (χ3v) is 5.90. The highest BCUT2D eigenvalue weighted by molar-refractivity contribution is 6.01. The Morgan fingerprint density at radius 1 is 1.03 bits per heavy atom. The molecule has 2 aliphatic heterocycles. The fourth-order valence-electron chi connectivity index (χ4n) is 4.26. The van der Waals surface area contributed by atoms with Crippen LogP contribution in [0.5, 0.6) is 23.0 Å². The summed E-state index contributed by atoms with van der Waals surface area (Å²) in [6, 6.07) is 10.4. The number of fused-ring (bicyclic) bond motifs is 1. The molecule has 1 N–H and O–H groups in total. The summed E-state index contributed by atoms with van der Waals surface area (Å²) >= 11 is 0. The summed E-state index contributed by atoms with van der Waals surface area (Å²) in [4.78, 5) is 41.3. The van der Waals surface area contributed by atoms with Crippen molar-refractivity contribution in [1.29, 1.82) is 0 Å². The Balaban J connectivity index is 1.35. The number of carbonyl (C=O) groups is 3. The van der Waals surface area contributed by atoms with Gasteiger partial charge in [0.2, 0.25) is 17.7 Å². The van der Waals surface area contributed by atoms with Gasteiger partial charge in [-0.1, -0.05) is 0 Å². The van der Waals surface area contributed by atoms with Gasteiger partial charge in [-0.3, -0.25) is 14.4 Å². The molecule has 4 rings (SSSR count). The lowest BCUT2D eigenvalue weighted by Gasteiger charge is -2.23. The van der Waals surface area contributed by atoms with Gasteiger partial charge in [-0.15, -0.1) is 0 Å². The third kappa shape index (κ3) is 5.64. The molecule has 10 nitrogen and oxygen atoms in total. The van der Waals surface area contributed by atoms with Crippen molar-refractivity contribution >= 4 is 29.1 Å². The van der Waals surface area contributed by atoms with E-state index < -0.39 is 5.92 Å². The third-order valence-electron chi connectivity index (χ3n) is 5.90. The van der Waals surface area contributed by atoms with E-state index >= 15 is 0 Å². The van der Waals surface area contributed by atoms with Gasteiger partial charge in [-0.25, -0.2) is 0 Å². The molecule has 2 aliphatic rings. The second-order valence-electron chi connectivity index (χ2n) is 8.50. The molecule has 2 heterocycles. The Labute approximate surface area is 210 Å². The molecule has 192 valence electrons. The smallest absolute Gasteiger partial charge is 0.243 e. The Morgan fingerprint density at radius 3 is 2.50 bits per heavy atom. The molecule has 1 fully saturated rings. The van der Waals surface area contributed by atoms with Crippen molar-refractivity contribution < 1.29 is 33.3 Å². The highest BCUT2D eigenvalue weighted by Crippen LogP contribution is 2.36. The van der Waals surface area contributed by atoms with Gasteiger partial charge in [-0.2, -0.15) is 0 Å². The van der Waals surface area contributed by atoms with Gasteiger partial charge in [0, 0.05) is 43.5 Å². The average molecular weight is 498 g/mol. The van der Waals surface area contributed by atoms with Crippen molar-refractivity contribution in [2.45, 2.75) is 20.3 Å². The number of amides is 3. The van der Waals surface area contributed by atoms with Crippen LogP contribution in [0.1, 0.15) is 20.3 Å². The van der Waals surface area contributed by atoms with Crippen LogP contribution in [0, 0.1) is 5.92 Å². The van der Waals surface area contributed by atoms with Crippen LogP contribution in [0.25, 0.3) is 0 Å². The Kier molecular flexibility index (Phi) is 7.82. The lowest BCUT2D eigenvalue weighted by molar-refractivity contribution is -0.137. The summed E-state index contributed by atoms with van der Waals surface area (Å²) in [5, 5.41) is 2.79. The molecule has 0 spiro atoms. The highest BCUT2D eigenvalue weighted by Gasteiger charge is 2.37. The Hall–Kier alpha value is -3.95. The van der Waals surface area contributed by atoms with Crippen LogP contribution in [0.4, 0.5) is 11.4 Å². The zero-order valence-corrected chi connectivity index (χ0v) is 20.7. The van der Waals surface area contributed by atoms with E-state index in [2.05, 4.69) is 5.32 Å². The highest BCUT2D eigenvalue weighted by atomic mass is 16.6. The predicted molar refractivity (Wildman–Crippen MR) is 133 cm³/mol. The number of benzene rings is 2. The number of carbonyl (C=O) groups excluding carboxylic acids is 3. The number of hydrogen-bond acceptors (Lipinski definition) is 7. The van der Waals surface area contributed by atoms with E-state index in [-0.39, 0.29) is 37.2 Å². The molecule has 2 aromatic carbocycles. The zero-order chi connectivity index (χ0) is 25.7. The first-order chi connectivity index (χ1) is 17.4. The first-order valence-corrected chi connectivity index (χ1v) is 12.0. The number of likely N-dealkylation sites (N-methyl/N-ethyl adjacent to an activating group) is 1. The van der Waals surface area contributed by atoms with E-state index in [9.17, 15) is 14.4 Å². The second kappa shape index (κ2) is 11.2. The Morgan fingerprint density at radius 2 is 1.75 bits per heavy atom. The number of nitrogens with zero attached hydrogens (tertiary/aromatic N) is 2. The molecule has 0 bridgehead atoms.